The Labute approximate surface area is 85.7 Å². The van der Waals surface area contributed by atoms with Crippen molar-refractivity contribution in [3.05, 3.63) is 39.9 Å². The second-order valence-corrected chi connectivity index (χ2v) is 2.79. The van der Waals surface area contributed by atoms with E-state index >= 15 is 0 Å². The summed E-state index contributed by atoms with van der Waals surface area (Å²) >= 11 is 0. The molecule has 15 heavy (non-hydrogen) atoms. The molecule has 1 rings (SSSR count). The second-order valence-electron chi connectivity index (χ2n) is 2.79. The highest BCUT2D eigenvalue weighted by molar-refractivity contribution is 5.98. The molecule has 0 atom stereocenters. The van der Waals surface area contributed by atoms with Crippen LogP contribution < -0.4 is 0 Å². The highest BCUT2D eigenvalue weighted by atomic mass is 16.6. The first kappa shape index (κ1) is 10.8. The highest BCUT2D eigenvalue weighted by Crippen LogP contribution is 2.12. The lowest BCUT2D eigenvalue weighted by molar-refractivity contribution is -0.384. The molecule has 0 aliphatic heterocycles. The Morgan fingerprint density at radius 2 is 1.87 bits per heavy atom. The number of hydrogen-bond acceptors (Lipinski definition) is 5. The maximum absolute atomic E-state index is 10.3. The summed E-state index contributed by atoms with van der Waals surface area (Å²) in [4.78, 5) is 9.83. The van der Waals surface area contributed by atoms with Gasteiger partial charge in [0, 0.05) is 24.6 Å². The number of benzene rings is 1. The van der Waals surface area contributed by atoms with E-state index in [1.165, 1.54) is 31.2 Å². The fourth-order valence-corrected chi connectivity index (χ4v) is 0.947. The van der Waals surface area contributed by atoms with Gasteiger partial charge in [-0.3, -0.25) is 20.9 Å². The number of hydrogen-bond donors (Lipinski definition) is 2. The number of nitrogens with zero attached hydrogens (tertiary/aromatic N) is 1. The third-order valence-corrected chi connectivity index (χ3v) is 1.60. The molecule has 0 aliphatic rings. The molecular formula is C9H9N3O3. The molecule has 0 amide bonds. The Kier molecular flexibility index (Phi) is 3.12. The SMILES string of the molecule is CC(=N)OC(=N)c1ccc([N+](=O)[O-])cc1. The van der Waals surface area contributed by atoms with Crippen LogP contribution in [0.2, 0.25) is 0 Å². The maximum atomic E-state index is 10.3. The first-order valence-corrected chi connectivity index (χ1v) is 4.07. The topological polar surface area (TPSA) is 100 Å². The molecule has 0 aliphatic carbocycles. The number of rotatable bonds is 2. The van der Waals surface area contributed by atoms with Crippen LogP contribution in [0.1, 0.15) is 12.5 Å². The van der Waals surface area contributed by atoms with Crippen molar-refractivity contribution in [2.75, 3.05) is 0 Å². The van der Waals surface area contributed by atoms with Crippen LogP contribution in [0.15, 0.2) is 24.3 Å². The van der Waals surface area contributed by atoms with Gasteiger partial charge in [0.25, 0.3) is 5.69 Å². The summed E-state index contributed by atoms with van der Waals surface area (Å²) in [6.45, 7) is 1.40. The van der Waals surface area contributed by atoms with E-state index in [1.807, 2.05) is 0 Å². The summed E-state index contributed by atoms with van der Waals surface area (Å²) < 4.78 is 4.73. The normalized spacial score (nSPS) is 9.40. The fraction of sp³-hybridized carbons (Fsp3) is 0.111. The molecule has 0 heterocycles. The molecule has 1 aromatic carbocycles. The minimum Gasteiger partial charge on any atom is -0.426 e. The van der Waals surface area contributed by atoms with Crippen molar-refractivity contribution in [3.63, 3.8) is 0 Å². The minimum absolute atomic E-state index is 0.0434. The Hall–Kier alpha value is -2.24. The van der Waals surface area contributed by atoms with Gasteiger partial charge in [-0.15, -0.1) is 0 Å². The lowest BCUT2D eigenvalue weighted by Gasteiger charge is -2.03. The van der Waals surface area contributed by atoms with Crippen molar-refractivity contribution < 1.29 is 9.66 Å². The summed E-state index contributed by atoms with van der Waals surface area (Å²) in [6, 6.07) is 5.38. The molecule has 6 nitrogen and oxygen atoms in total. The molecule has 2 N–H and O–H groups in total. The average molecular weight is 207 g/mol. The number of non-ortho nitro benzene ring substituents is 1. The minimum atomic E-state index is -0.518. The van der Waals surface area contributed by atoms with E-state index in [1.54, 1.807) is 0 Å². The van der Waals surface area contributed by atoms with Gasteiger partial charge < -0.3 is 4.74 Å². The molecular weight excluding hydrogens is 198 g/mol. The van der Waals surface area contributed by atoms with Gasteiger partial charge in [0.05, 0.1) is 4.92 Å². The van der Waals surface area contributed by atoms with Gasteiger partial charge in [-0.05, 0) is 12.1 Å². The standard InChI is InChI=1S/C9H9N3O3/c1-6(10)15-9(11)7-2-4-8(5-3-7)12(13)14/h2-5,10-11H,1H3. The largest absolute Gasteiger partial charge is 0.426 e. The van der Waals surface area contributed by atoms with Crippen LogP contribution >= 0.6 is 0 Å². The monoisotopic (exact) mass is 207 g/mol. The highest BCUT2D eigenvalue weighted by Gasteiger charge is 2.08. The maximum Gasteiger partial charge on any atom is 0.269 e. The predicted molar refractivity (Wildman–Crippen MR) is 54.4 cm³/mol. The van der Waals surface area contributed by atoms with E-state index in [0.29, 0.717) is 5.56 Å². The van der Waals surface area contributed by atoms with Crippen LogP contribution in [0.5, 0.6) is 0 Å². The Bertz CT molecular complexity index is 411. The molecule has 0 radical (unpaired) electrons. The summed E-state index contributed by atoms with van der Waals surface area (Å²) in [5.41, 5.74) is 0.352. The van der Waals surface area contributed by atoms with Crippen LogP contribution in [0.4, 0.5) is 5.69 Å². The van der Waals surface area contributed by atoms with Crippen LogP contribution in [-0.2, 0) is 4.74 Å². The third-order valence-electron chi connectivity index (χ3n) is 1.60. The molecule has 1 aromatic rings. The first-order valence-electron chi connectivity index (χ1n) is 4.07. The predicted octanol–water partition coefficient (Wildman–Crippen LogP) is 1.93. The lowest BCUT2D eigenvalue weighted by Crippen LogP contribution is -2.08. The van der Waals surface area contributed by atoms with Crippen LogP contribution in [0, 0.1) is 20.9 Å². The van der Waals surface area contributed by atoms with Crippen molar-refractivity contribution in [3.8, 4) is 0 Å². The van der Waals surface area contributed by atoms with E-state index in [4.69, 9.17) is 15.6 Å². The first-order chi connectivity index (χ1) is 7.00. The van der Waals surface area contributed by atoms with Crippen molar-refractivity contribution in [1.82, 2.24) is 0 Å². The van der Waals surface area contributed by atoms with Crippen LogP contribution in [0.25, 0.3) is 0 Å². The zero-order chi connectivity index (χ0) is 11.4. The quantitative estimate of drug-likeness (QED) is 0.335. The van der Waals surface area contributed by atoms with Gasteiger partial charge in [-0.2, -0.15) is 0 Å². The summed E-state index contributed by atoms with van der Waals surface area (Å²) in [5, 5.41) is 24.8. The second kappa shape index (κ2) is 4.32. The molecule has 0 unspecified atom stereocenters. The van der Waals surface area contributed by atoms with Crippen molar-refractivity contribution in [1.29, 1.82) is 10.8 Å². The number of nitro groups is 1. The van der Waals surface area contributed by atoms with Gasteiger partial charge in [0.15, 0.2) is 5.90 Å². The third kappa shape index (κ3) is 2.87. The number of ether oxygens (including phenoxy) is 1. The van der Waals surface area contributed by atoms with Crippen LogP contribution in [-0.4, -0.2) is 16.7 Å². The molecule has 0 fully saturated rings. The summed E-state index contributed by atoms with van der Waals surface area (Å²) in [7, 11) is 0. The Morgan fingerprint density at radius 1 is 1.33 bits per heavy atom. The summed E-state index contributed by atoms with van der Waals surface area (Å²) in [5.74, 6) is -0.296. The zero-order valence-electron chi connectivity index (χ0n) is 7.98. The van der Waals surface area contributed by atoms with Crippen molar-refractivity contribution in [2.45, 2.75) is 6.92 Å². The van der Waals surface area contributed by atoms with Gasteiger partial charge in [-0.1, -0.05) is 0 Å². The van der Waals surface area contributed by atoms with E-state index < -0.39 is 4.92 Å². The molecule has 0 saturated heterocycles. The molecule has 0 saturated carbocycles. The Balaban J connectivity index is 2.84. The van der Waals surface area contributed by atoms with E-state index in [-0.39, 0.29) is 17.5 Å². The van der Waals surface area contributed by atoms with Crippen molar-refractivity contribution >= 4 is 17.5 Å². The molecule has 6 heteroatoms. The van der Waals surface area contributed by atoms with Gasteiger partial charge in [0.1, 0.15) is 0 Å². The van der Waals surface area contributed by atoms with E-state index in [0.717, 1.165) is 0 Å². The van der Waals surface area contributed by atoms with E-state index in [9.17, 15) is 10.1 Å². The fourth-order valence-electron chi connectivity index (χ4n) is 0.947. The van der Waals surface area contributed by atoms with Gasteiger partial charge in [0.2, 0.25) is 5.90 Å². The zero-order valence-corrected chi connectivity index (χ0v) is 7.98. The lowest BCUT2D eigenvalue weighted by atomic mass is 10.2. The molecule has 0 aromatic heterocycles. The summed E-state index contributed by atoms with van der Waals surface area (Å²) in [6.07, 6.45) is 0. The van der Waals surface area contributed by atoms with E-state index in [2.05, 4.69) is 0 Å². The smallest absolute Gasteiger partial charge is 0.269 e. The molecule has 0 bridgehead atoms. The van der Waals surface area contributed by atoms with Crippen LogP contribution in [0.3, 0.4) is 0 Å². The molecule has 0 spiro atoms. The van der Waals surface area contributed by atoms with Crippen molar-refractivity contribution in [2.24, 2.45) is 0 Å². The number of nitro benzene ring substituents is 1. The average Bonchev–Trinajstić information content (AvgIpc) is 2.17. The van der Waals surface area contributed by atoms with Gasteiger partial charge >= 0.3 is 0 Å². The number of nitrogens with one attached hydrogen (secondary N) is 2. The molecule has 78 valence electrons. The Morgan fingerprint density at radius 3 is 2.27 bits per heavy atom. The van der Waals surface area contributed by atoms with Gasteiger partial charge in [-0.25, -0.2) is 0 Å².